The lowest BCUT2D eigenvalue weighted by Crippen LogP contribution is -2.12. The maximum Gasteiger partial charge on any atom is 0.231 e. The van der Waals surface area contributed by atoms with Gasteiger partial charge in [-0.1, -0.05) is 29.8 Å². The summed E-state index contributed by atoms with van der Waals surface area (Å²) in [5.74, 6) is 2.84. The van der Waals surface area contributed by atoms with Crippen molar-refractivity contribution in [2.45, 2.75) is 12.2 Å². The summed E-state index contributed by atoms with van der Waals surface area (Å²) in [6, 6.07) is 13.3. The van der Waals surface area contributed by atoms with E-state index < -0.39 is 0 Å². The Morgan fingerprint density at radius 3 is 2.87 bits per heavy atom. The van der Waals surface area contributed by atoms with Crippen LogP contribution in [0.15, 0.2) is 42.5 Å². The van der Waals surface area contributed by atoms with Gasteiger partial charge in [-0.15, -0.1) is 0 Å². The van der Waals surface area contributed by atoms with Crippen molar-refractivity contribution in [3.63, 3.8) is 0 Å². The third-order valence-corrected chi connectivity index (χ3v) is 4.60. The van der Waals surface area contributed by atoms with Crippen LogP contribution in [0.3, 0.4) is 0 Å². The van der Waals surface area contributed by atoms with Crippen LogP contribution in [0.1, 0.15) is 12.0 Å². The molecule has 0 fully saturated rings. The van der Waals surface area contributed by atoms with Crippen LogP contribution in [0.25, 0.3) is 0 Å². The van der Waals surface area contributed by atoms with Crippen LogP contribution in [-0.2, 0) is 10.5 Å². The topological polar surface area (TPSA) is 47.6 Å². The van der Waals surface area contributed by atoms with Gasteiger partial charge in [-0.05, 0) is 29.8 Å². The maximum absolute atomic E-state index is 11.8. The van der Waals surface area contributed by atoms with Gasteiger partial charge in [0.1, 0.15) is 0 Å². The van der Waals surface area contributed by atoms with Crippen molar-refractivity contribution < 1.29 is 14.3 Å². The second-order valence-corrected chi connectivity index (χ2v) is 6.54. The Balaban J connectivity index is 1.43. The highest BCUT2D eigenvalue weighted by molar-refractivity contribution is 7.98. The summed E-state index contributed by atoms with van der Waals surface area (Å²) < 4.78 is 10.6. The minimum absolute atomic E-state index is 0.0208. The highest BCUT2D eigenvalue weighted by Gasteiger charge is 2.18. The van der Waals surface area contributed by atoms with Gasteiger partial charge in [0, 0.05) is 23.6 Å². The molecule has 0 atom stereocenters. The number of fused-ring (bicyclic) bond motifs is 1. The van der Waals surface area contributed by atoms with Gasteiger partial charge in [0.05, 0.1) is 5.02 Å². The number of rotatable bonds is 6. The molecule has 4 nitrogen and oxygen atoms in total. The van der Waals surface area contributed by atoms with Gasteiger partial charge >= 0.3 is 0 Å². The summed E-state index contributed by atoms with van der Waals surface area (Å²) in [6.45, 7) is 0.214. The van der Waals surface area contributed by atoms with E-state index in [-0.39, 0.29) is 12.7 Å². The molecule has 0 aromatic heterocycles. The first kappa shape index (κ1) is 16.0. The first-order valence-electron chi connectivity index (χ1n) is 7.23. The fraction of sp³-hybridized carbons (Fsp3) is 0.235. The molecule has 0 spiro atoms. The van der Waals surface area contributed by atoms with Crippen molar-refractivity contribution in [2.75, 3.05) is 17.9 Å². The summed E-state index contributed by atoms with van der Waals surface area (Å²) in [7, 11) is 0. The molecule has 3 rings (SSSR count). The Hall–Kier alpha value is -1.85. The van der Waals surface area contributed by atoms with Gasteiger partial charge in [-0.2, -0.15) is 11.8 Å². The quantitative estimate of drug-likeness (QED) is 0.788. The van der Waals surface area contributed by atoms with Gasteiger partial charge < -0.3 is 14.8 Å². The fourth-order valence-corrected chi connectivity index (χ4v) is 3.37. The molecule has 2 aromatic rings. The van der Waals surface area contributed by atoms with Gasteiger partial charge in [0.15, 0.2) is 11.5 Å². The molecular formula is C17H16ClNO3S. The maximum atomic E-state index is 11.8. The normalized spacial score (nSPS) is 12.2. The third kappa shape index (κ3) is 4.33. The van der Waals surface area contributed by atoms with E-state index in [0.717, 1.165) is 22.8 Å². The Bertz CT molecular complexity index is 694. The van der Waals surface area contributed by atoms with Gasteiger partial charge in [-0.3, -0.25) is 4.79 Å². The van der Waals surface area contributed by atoms with E-state index in [1.54, 1.807) is 11.8 Å². The second kappa shape index (κ2) is 7.62. The molecule has 23 heavy (non-hydrogen) atoms. The Labute approximate surface area is 144 Å². The number of thioether (sulfide) groups is 1. The van der Waals surface area contributed by atoms with Crippen LogP contribution in [0.4, 0.5) is 5.69 Å². The van der Waals surface area contributed by atoms with Crippen LogP contribution >= 0.6 is 23.4 Å². The van der Waals surface area contributed by atoms with Crippen molar-refractivity contribution in [1.29, 1.82) is 0 Å². The number of amides is 1. The molecule has 0 bridgehead atoms. The first-order chi connectivity index (χ1) is 11.2. The number of hydrogen-bond acceptors (Lipinski definition) is 4. The molecule has 0 saturated carbocycles. The summed E-state index contributed by atoms with van der Waals surface area (Å²) >= 11 is 7.83. The van der Waals surface area contributed by atoms with Crippen molar-refractivity contribution >= 4 is 35.0 Å². The van der Waals surface area contributed by atoms with Crippen LogP contribution in [-0.4, -0.2) is 18.5 Å². The summed E-state index contributed by atoms with van der Waals surface area (Å²) in [6.07, 6.45) is 0.470. The zero-order chi connectivity index (χ0) is 16.1. The number of para-hydroxylation sites is 1. The van der Waals surface area contributed by atoms with E-state index in [2.05, 4.69) is 5.32 Å². The Morgan fingerprint density at radius 2 is 2.04 bits per heavy atom. The summed E-state index contributed by atoms with van der Waals surface area (Å²) in [5.41, 5.74) is 1.89. The molecule has 0 aliphatic carbocycles. The average molecular weight is 350 g/mol. The number of carbonyl (C=O) groups excluding carboxylic acids is 1. The number of benzene rings is 2. The number of nitrogens with one attached hydrogen (secondary N) is 1. The fourth-order valence-electron chi connectivity index (χ4n) is 2.20. The Morgan fingerprint density at radius 1 is 1.22 bits per heavy atom. The molecule has 6 heteroatoms. The number of hydrogen-bond donors (Lipinski definition) is 1. The highest BCUT2D eigenvalue weighted by Crippen LogP contribution is 2.40. The number of halogens is 1. The molecule has 0 unspecified atom stereocenters. The largest absolute Gasteiger partial charge is 0.454 e. The second-order valence-electron chi connectivity index (χ2n) is 5.03. The number of carbonyl (C=O) groups is 1. The monoisotopic (exact) mass is 349 g/mol. The molecule has 1 amide bonds. The van der Waals surface area contributed by atoms with Crippen LogP contribution in [0, 0.1) is 0 Å². The van der Waals surface area contributed by atoms with E-state index in [1.165, 1.54) is 0 Å². The SMILES string of the molecule is O=C(CCSCc1cc(Cl)c2c(c1)OCO2)Nc1ccccc1. The zero-order valence-electron chi connectivity index (χ0n) is 12.4. The highest BCUT2D eigenvalue weighted by atomic mass is 35.5. The summed E-state index contributed by atoms with van der Waals surface area (Å²) in [4.78, 5) is 11.8. The van der Waals surface area contributed by atoms with E-state index >= 15 is 0 Å². The van der Waals surface area contributed by atoms with Crippen molar-refractivity contribution in [2.24, 2.45) is 0 Å². The molecule has 1 aliphatic heterocycles. The number of anilines is 1. The molecule has 0 radical (unpaired) electrons. The minimum Gasteiger partial charge on any atom is -0.454 e. The smallest absolute Gasteiger partial charge is 0.231 e. The van der Waals surface area contributed by atoms with E-state index in [1.807, 2.05) is 42.5 Å². The van der Waals surface area contributed by atoms with E-state index in [9.17, 15) is 4.79 Å². The van der Waals surface area contributed by atoms with Crippen molar-refractivity contribution in [3.8, 4) is 11.5 Å². The van der Waals surface area contributed by atoms with Crippen LogP contribution in [0.5, 0.6) is 11.5 Å². The number of ether oxygens (including phenoxy) is 2. The lowest BCUT2D eigenvalue weighted by Gasteiger charge is -2.06. The molecule has 0 saturated heterocycles. The van der Waals surface area contributed by atoms with Gasteiger partial charge in [0.25, 0.3) is 0 Å². The molecule has 1 N–H and O–H groups in total. The van der Waals surface area contributed by atoms with Crippen molar-refractivity contribution in [3.05, 3.63) is 53.1 Å². The Kier molecular flexibility index (Phi) is 5.31. The molecule has 1 aliphatic rings. The molecule has 1 heterocycles. The van der Waals surface area contributed by atoms with Crippen molar-refractivity contribution in [1.82, 2.24) is 0 Å². The third-order valence-electron chi connectivity index (χ3n) is 3.29. The average Bonchev–Trinajstić information content (AvgIpc) is 3.02. The first-order valence-corrected chi connectivity index (χ1v) is 8.76. The molecular weight excluding hydrogens is 334 g/mol. The molecule has 120 valence electrons. The predicted octanol–water partition coefficient (Wildman–Crippen LogP) is 4.33. The van der Waals surface area contributed by atoms with E-state index in [4.69, 9.17) is 21.1 Å². The van der Waals surface area contributed by atoms with Gasteiger partial charge in [0.2, 0.25) is 12.7 Å². The molecule has 2 aromatic carbocycles. The lowest BCUT2D eigenvalue weighted by molar-refractivity contribution is -0.115. The minimum atomic E-state index is 0.0208. The summed E-state index contributed by atoms with van der Waals surface area (Å²) in [5, 5.41) is 3.44. The van der Waals surface area contributed by atoms with Crippen LogP contribution < -0.4 is 14.8 Å². The van der Waals surface area contributed by atoms with E-state index in [0.29, 0.717) is 22.9 Å². The van der Waals surface area contributed by atoms with Crippen LogP contribution in [0.2, 0.25) is 5.02 Å². The standard InChI is InChI=1S/C17H16ClNO3S/c18-14-8-12(9-15-17(14)22-11-21-15)10-23-7-6-16(20)19-13-4-2-1-3-5-13/h1-5,8-9H,6-7,10-11H2,(H,19,20). The lowest BCUT2D eigenvalue weighted by atomic mass is 10.2. The predicted molar refractivity (Wildman–Crippen MR) is 93.4 cm³/mol. The zero-order valence-corrected chi connectivity index (χ0v) is 14.0. The van der Waals surface area contributed by atoms with Gasteiger partial charge in [-0.25, -0.2) is 0 Å².